The number of benzene rings is 1. The fourth-order valence-corrected chi connectivity index (χ4v) is 2.10. The van der Waals surface area contributed by atoms with Gasteiger partial charge in [-0.1, -0.05) is 12.1 Å². The fourth-order valence-electron chi connectivity index (χ4n) is 1.58. The number of aliphatic carboxylic acids is 1. The highest BCUT2D eigenvalue weighted by Gasteiger charge is 2.09. The summed E-state index contributed by atoms with van der Waals surface area (Å²) in [7, 11) is 0. The molecule has 1 rings (SSSR count). The molecule has 104 valence electrons. The molecule has 0 spiro atoms. The second-order valence-electron chi connectivity index (χ2n) is 4.27. The number of rotatable bonds is 6. The number of hydrogen-bond donors (Lipinski definition) is 3. The Morgan fingerprint density at radius 2 is 2.05 bits per heavy atom. The summed E-state index contributed by atoms with van der Waals surface area (Å²) in [5.41, 5.74) is 0.762. The third kappa shape index (κ3) is 6.42. The Morgan fingerprint density at radius 1 is 1.37 bits per heavy atom. The monoisotopic (exact) mass is 376 g/mol. The van der Waals surface area contributed by atoms with Crippen LogP contribution in [0.5, 0.6) is 0 Å². The van der Waals surface area contributed by atoms with E-state index in [-0.39, 0.29) is 18.5 Å². The molecule has 5 nitrogen and oxygen atoms in total. The Labute approximate surface area is 125 Å². The van der Waals surface area contributed by atoms with Gasteiger partial charge in [0.25, 0.3) is 0 Å². The Kier molecular flexibility index (Phi) is 6.61. The molecule has 0 aromatic heterocycles. The SMILES string of the molecule is CC(CCCC(=O)O)NC(=O)Nc1ccccc1I. The van der Waals surface area contributed by atoms with Crippen molar-refractivity contribution in [1.29, 1.82) is 0 Å². The second kappa shape index (κ2) is 7.98. The summed E-state index contributed by atoms with van der Waals surface area (Å²) >= 11 is 2.15. The summed E-state index contributed by atoms with van der Waals surface area (Å²) < 4.78 is 0.966. The van der Waals surface area contributed by atoms with E-state index in [1.807, 2.05) is 31.2 Å². The fraction of sp³-hybridized carbons (Fsp3) is 0.385. The maximum absolute atomic E-state index is 11.7. The van der Waals surface area contributed by atoms with E-state index in [4.69, 9.17) is 5.11 Å². The summed E-state index contributed by atoms with van der Waals surface area (Å²) in [6, 6.07) is 7.17. The van der Waals surface area contributed by atoms with Crippen LogP contribution in [0.15, 0.2) is 24.3 Å². The molecule has 0 radical (unpaired) electrons. The Bertz CT molecular complexity index is 451. The normalized spacial score (nSPS) is 11.7. The Balaban J connectivity index is 2.35. The average Bonchev–Trinajstić information content (AvgIpc) is 2.31. The smallest absolute Gasteiger partial charge is 0.319 e. The van der Waals surface area contributed by atoms with E-state index in [0.717, 1.165) is 9.26 Å². The first-order valence-corrected chi connectivity index (χ1v) is 7.10. The van der Waals surface area contributed by atoms with Crippen LogP contribution >= 0.6 is 22.6 Å². The van der Waals surface area contributed by atoms with Gasteiger partial charge in [-0.2, -0.15) is 0 Å². The van der Waals surface area contributed by atoms with Crippen LogP contribution in [0.3, 0.4) is 0 Å². The molecule has 0 saturated carbocycles. The van der Waals surface area contributed by atoms with E-state index in [1.54, 1.807) is 0 Å². The quantitative estimate of drug-likeness (QED) is 0.668. The molecule has 0 bridgehead atoms. The average molecular weight is 376 g/mol. The number of carbonyl (C=O) groups is 2. The number of amides is 2. The van der Waals surface area contributed by atoms with Gasteiger partial charge in [-0.3, -0.25) is 4.79 Å². The van der Waals surface area contributed by atoms with Crippen molar-refractivity contribution in [2.24, 2.45) is 0 Å². The summed E-state index contributed by atoms with van der Waals surface area (Å²) in [4.78, 5) is 22.1. The molecular weight excluding hydrogens is 359 g/mol. The lowest BCUT2D eigenvalue weighted by Crippen LogP contribution is -2.36. The lowest BCUT2D eigenvalue weighted by molar-refractivity contribution is -0.137. The largest absolute Gasteiger partial charge is 0.481 e. The minimum absolute atomic E-state index is 0.0549. The second-order valence-corrected chi connectivity index (χ2v) is 5.43. The van der Waals surface area contributed by atoms with Crippen LogP contribution < -0.4 is 10.6 Å². The minimum atomic E-state index is -0.810. The zero-order chi connectivity index (χ0) is 14.3. The van der Waals surface area contributed by atoms with Gasteiger partial charge < -0.3 is 15.7 Å². The third-order valence-corrected chi connectivity index (χ3v) is 3.47. The molecule has 0 heterocycles. The van der Waals surface area contributed by atoms with Gasteiger partial charge in [-0.25, -0.2) is 4.79 Å². The number of carboxylic acids is 1. The predicted octanol–water partition coefficient (Wildman–Crippen LogP) is 3.06. The third-order valence-electron chi connectivity index (χ3n) is 2.53. The molecule has 3 N–H and O–H groups in total. The van der Waals surface area contributed by atoms with Gasteiger partial charge >= 0.3 is 12.0 Å². The first kappa shape index (κ1) is 15.7. The molecule has 0 fully saturated rings. The minimum Gasteiger partial charge on any atom is -0.481 e. The van der Waals surface area contributed by atoms with Crippen LogP contribution in [0.1, 0.15) is 26.2 Å². The molecule has 1 unspecified atom stereocenters. The number of para-hydroxylation sites is 1. The van der Waals surface area contributed by atoms with Crippen LogP contribution in [0, 0.1) is 3.57 Å². The molecule has 0 aliphatic rings. The van der Waals surface area contributed by atoms with Crippen molar-refractivity contribution in [3.63, 3.8) is 0 Å². The molecule has 0 saturated heterocycles. The maximum atomic E-state index is 11.7. The summed E-state index contributed by atoms with van der Waals surface area (Å²) in [5.74, 6) is -0.810. The lowest BCUT2D eigenvalue weighted by atomic mass is 10.1. The van der Waals surface area contributed by atoms with Crippen LogP contribution in [-0.2, 0) is 4.79 Å². The first-order valence-electron chi connectivity index (χ1n) is 6.03. The van der Waals surface area contributed by atoms with Gasteiger partial charge in [0.15, 0.2) is 0 Å². The Morgan fingerprint density at radius 3 is 2.68 bits per heavy atom. The van der Waals surface area contributed by atoms with E-state index in [9.17, 15) is 9.59 Å². The van der Waals surface area contributed by atoms with Crippen molar-refractivity contribution in [1.82, 2.24) is 5.32 Å². The molecule has 0 aliphatic carbocycles. The van der Waals surface area contributed by atoms with Crippen molar-refractivity contribution in [2.75, 3.05) is 5.32 Å². The first-order chi connectivity index (χ1) is 8.99. The van der Waals surface area contributed by atoms with Crippen LogP contribution in [0.2, 0.25) is 0 Å². The summed E-state index contributed by atoms with van der Waals surface area (Å²) in [6.07, 6.45) is 1.33. The van der Waals surface area contributed by atoms with E-state index < -0.39 is 5.97 Å². The standard InChI is InChI=1S/C13H17IN2O3/c1-9(5-4-8-12(17)18)15-13(19)16-11-7-3-2-6-10(11)14/h2-3,6-7,9H,4-5,8H2,1H3,(H,17,18)(H2,15,16,19). The number of halogens is 1. The molecule has 2 amide bonds. The highest BCUT2D eigenvalue weighted by atomic mass is 127. The van der Waals surface area contributed by atoms with E-state index in [0.29, 0.717) is 12.8 Å². The molecule has 1 aromatic rings. The van der Waals surface area contributed by atoms with Crippen molar-refractivity contribution in [2.45, 2.75) is 32.2 Å². The van der Waals surface area contributed by atoms with Crippen LogP contribution in [0.25, 0.3) is 0 Å². The molecule has 1 aromatic carbocycles. The Hall–Kier alpha value is -1.31. The molecule has 6 heteroatoms. The van der Waals surface area contributed by atoms with Gasteiger partial charge in [0.1, 0.15) is 0 Å². The van der Waals surface area contributed by atoms with Gasteiger partial charge in [0.05, 0.1) is 5.69 Å². The van der Waals surface area contributed by atoms with Crippen molar-refractivity contribution in [3.05, 3.63) is 27.8 Å². The van der Waals surface area contributed by atoms with E-state index in [2.05, 4.69) is 33.2 Å². The van der Waals surface area contributed by atoms with Gasteiger partial charge in [-0.05, 0) is 54.5 Å². The number of urea groups is 1. The number of hydrogen-bond acceptors (Lipinski definition) is 2. The number of anilines is 1. The topological polar surface area (TPSA) is 78.4 Å². The number of nitrogens with one attached hydrogen (secondary N) is 2. The van der Waals surface area contributed by atoms with E-state index in [1.165, 1.54) is 0 Å². The molecule has 0 aliphatic heterocycles. The zero-order valence-electron chi connectivity index (χ0n) is 10.6. The highest BCUT2D eigenvalue weighted by Crippen LogP contribution is 2.16. The lowest BCUT2D eigenvalue weighted by Gasteiger charge is -2.14. The van der Waals surface area contributed by atoms with Crippen LogP contribution in [-0.4, -0.2) is 23.1 Å². The summed E-state index contributed by atoms with van der Waals surface area (Å²) in [5, 5.41) is 14.1. The van der Waals surface area contributed by atoms with Crippen molar-refractivity contribution >= 4 is 40.3 Å². The molecule has 19 heavy (non-hydrogen) atoms. The predicted molar refractivity (Wildman–Crippen MR) is 82.3 cm³/mol. The number of carbonyl (C=O) groups excluding carboxylic acids is 1. The highest BCUT2D eigenvalue weighted by molar-refractivity contribution is 14.1. The summed E-state index contributed by atoms with van der Waals surface area (Å²) in [6.45, 7) is 1.86. The van der Waals surface area contributed by atoms with Crippen LogP contribution in [0.4, 0.5) is 10.5 Å². The van der Waals surface area contributed by atoms with Gasteiger partial charge in [0.2, 0.25) is 0 Å². The van der Waals surface area contributed by atoms with Crippen molar-refractivity contribution in [3.8, 4) is 0 Å². The van der Waals surface area contributed by atoms with Gasteiger partial charge in [-0.15, -0.1) is 0 Å². The maximum Gasteiger partial charge on any atom is 0.319 e. The molecule has 1 atom stereocenters. The zero-order valence-corrected chi connectivity index (χ0v) is 12.8. The number of carboxylic acid groups (broad SMARTS) is 1. The van der Waals surface area contributed by atoms with Crippen molar-refractivity contribution < 1.29 is 14.7 Å². The molecular formula is C13H17IN2O3. The van der Waals surface area contributed by atoms with E-state index >= 15 is 0 Å². The van der Waals surface area contributed by atoms with Gasteiger partial charge in [0, 0.05) is 16.0 Å².